The van der Waals surface area contributed by atoms with Crippen LogP contribution in [-0.2, 0) is 16.0 Å². The molecule has 1 aliphatic heterocycles. The van der Waals surface area contributed by atoms with Gasteiger partial charge >= 0.3 is 12.1 Å². The Bertz CT molecular complexity index is 603. The van der Waals surface area contributed by atoms with Crippen molar-refractivity contribution >= 4 is 11.9 Å². The molecule has 0 bridgehead atoms. The molecule has 0 aromatic heterocycles. The van der Waals surface area contributed by atoms with E-state index in [2.05, 4.69) is 4.74 Å². The second-order valence-electron chi connectivity index (χ2n) is 5.71. The van der Waals surface area contributed by atoms with E-state index in [1.165, 1.54) is 23.1 Å². The maximum Gasteiger partial charge on any atom is 0.422 e. The highest BCUT2D eigenvalue weighted by Gasteiger charge is 2.30. The highest BCUT2D eigenvalue weighted by atomic mass is 19.4. The smallest absolute Gasteiger partial charge is 0.422 e. The fourth-order valence-corrected chi connectivity index (χ4v) is 2.76. The van der Waals surface area contributed by atoms with E-state index < -0.39 is 18.8 Å². The standard InChI is InChI=1S/C16H18F3NO4/c17-16(18,19)10-24-13-5-1-3-11(7-13)8-14(21)20-6-2-4-12(20)9-15(22)23/h1,3,5,7,12H,2,4,6,8-10H2,(H,22,23). The molecule has 0 spiro atoms. The third-order valence-corrected chi connectivity index (χ3v) is 3.76. The van der Waals surface area contributed by atoms with Gasteiger partial charge in [0.1, 0.15) is 5.75 Å². The first-order chi connectivity index (χ1) is 11.2. The van der Waals surface area contributed by atoms with Crippen LogP contribution in [-0.4, -0.2) is 47.3 Å². The van der Waals surface area contributed by atoms with Crippen molar-refractivity contribution in [1.29, 1.82) is 0 Å². The molecule has 1 aromatic carbocycles. The van der Waals surface area contributed by atoms with Crippen LogP contribution in [0.5, 0.6) is 5.75 Å². The predicted octanol–water partition coefficient (Wildman–Crippen LogP) is 2.64. The highest BCUT2D eigenvalue weighted by Crippen LogP contribution is 2.23. The van der Waals surface area contributed by atoms with E-state index in [9.17, 15) is 22.8 Å². The fourth-order valence-electron chi connectivity index (χ4n) is 2.76. The number of hydrogen-bond acceptors (Lipinski definition) is 3. The van der Waals surface area contributed by atoms with Gasteiger partial charge in [0.05, 0.1) is 12.8 Å². The van der Waals surface area contributed by atoms with Crippen molar-refractivity contribution in [2.75, 3.05) is 13.2 Å². The second-order valence-corrected chi connectivity index (χ2v) is 5.71. The molecule has 0 aliphatic carbocycles. The summed E-state index contributed by atoms with van der Waals surface area (Å²) in [7, 11) is 0. The number of carbonyl (C=O) groups excluding carboxylic acids is 1. The van der Waals surface area contributed by atoms with Gasteiger partial charge in [0.2, 0.25) is 5.91 Å². The number of amides is 1. The molecule has 0 saturated carbocycles. The van der Waals surface area contributed by atoms with Crippen molar-refractivity contribution in [1.82, 2.24) is 4.90 Å². The Morgan fingerprint density at radius 3 is 2.75 bits per heavy atom. The van der Waals surface area contributed by atoms with Gasteiger partial charge in [-0.25, -0.2) is 0 Å². The van der Waals surface area contributed by atoms with Crippen LogP contribution in [0.1, 0.15) is 24.8 Å². The SMILES string of the molecule is O=C(O)CC1CCCN1C(=O)Cc1cccc(OCC(F)(F)F)c1. The van der Waals surface area contributed by atoms with Gasteiger partial charge < -0.3 is 14.7 Å². The lowest BCUT2D eigenvalue weighted by atomic mass is 10.1. The molecule has 1 aliphatic rings. The summed E-state index contributed by atoms with van der Waals surface area (Å²) in [6, 6.07) is 5.61. The number of halogens is 3. The Morgan fingerprint density at radius 1 is 1.33 bits per heavy atom. The van der Waals surface area contributed by atoms with E-state index in [4.69, 9.17) is 5.11 Å². The van der Waals surface area contributed by atoms with E-state index in [-0.39, 0.29) is 30.5 Å². The number of aliphatic carboxylic acids is 1. The summed E-state index contributed by atoms with van der Waals surface area (Å²) in [6.07, 6.45) is -3.13. The van der Waals surface area contributed by atoms with E-state index >= 15 is 0 Å². The van der Waals surface area contributed by atoms with Gasteiger partial charge in [-0.15, -0.1) is 0 Å². The fraction of sp³-hybridized carbons (Fsp3) is 0.500. The average molecular weight is 345 g/mol. The van der Waals surface area contributed by atoms with Gasteiger partial charge in [0, 0.05) is 12.6 Å². The van der Waals surface area contributed by atoms with E-state index in [0.29, 0.717) is 18.5 Å². The van der Waals surface area contributed by atoms with Gasteiger partial charge in [-0.1, -0.05) is 12.1 Å². The lowest BCUT2D eigenvalue weighted by molar-refractivity contribution is -0.153. The van der Waals surface area contributed by atoms with Gasteiger partial charge in [0.25, 0.3) is 0 Å². The minimum atomic E-state index is -4.43. The normalized spacial score (nSPS) is 17.8. The number of alkyl halides is 3. The van der Waals surface area contributed by atoms with E-state index in [1.807, 2.05) is 0 Å². The zero-order valence-electron chi connectivity index (χ0n) is 12.9. The minimum Gasteiger partial charge on any atom is -0.484 e. The molecule has 1 unspecified atom stereocenters. The molecule has 1 heterocycles. The number of nitrogens with zero attached hydrogens (tertiary/aromatic N) is 1. The van der Waals surface area contributed by atoms with Crippen LogP contribution in [0.3, 0.4) is 0 Å². The Labute approximate surface area is 137 Å². The number of benzene rings is 1. The minimum absolute atomic E-state index is 0.000658. The number of hydrogen-bond donors (Lipinski definition) is 1. The maximum absolute atomic E-state index is 12.3. The largest absolute Gasteiger partial charge is 0.484 e. The van der Waals surface area contributed by atoms with Crippen molar-refractivity contribution in [3.63, 3.8) is 0 Å². The molecule has 1 aromatic rings. The predicted molar refractivity (Wildman–Crippen MR) is 78.7 cm³/mol. The molecule has 1 amide bonds. The van der Waals surface area contributed by atoms with Crippen molar-refractivity contribution in [2.45, 2.75) is 37.9 Å². The molecular weight excluding hydrogens is 327 g/mol. The van der Waals surface area contributed by atoms with Crippen LogP contribution in [0.25, 0.3) is 0 Å². The molecule has 1 N–H and O–H groups in total. The van der Waals surface area contributed by atoms with Crippen molar-refractivity contribution in [3.8, 4) is 5.75 Å². The van der Waals surface area contributed by atoms with Gasteiger partial charge in [0.15, 0.2) is 6.61 Å². The summed E-state index contributed by atoms with van der Waals surface area (Å²) in [5.74, 6) is -1.14. The number of likely N-dealkylation sites (tertiary alicyclic amines) is 1. The Morgan fingerprint density at radius 2 is 2.08 bits per heavy atom. The Kier molecular flexibility index (Phi) is 5.69. The van der Waals surface area contributed by atoms with Gasteiger partial charge in [-0.3, -0.25) is 9.59 Å². The third-order valence-electron chi connectivity index (χ3n) is 3.76. The Hall–Kier alpha value is -2.25. The van der Waals surface area contributed by atoms with Crippen LogP contribution in [0.15, 0.2) is 24.3 Å². The summed E-state index contributed by atoms with van der Waals surface area (Å²) < 4.78 is 41.2. The van der Waals surface area contributed by atoms with E-state index in [1.54, 1.807) is 6.07 Å². The summed E-state index contributed by atoms with van der Waals surface area (Å²) in [5.41, 5.74) is 0.528. The Balaban J connectivity index is 1.97. The molecule has 2 rings (SSSR count). The summed E-state index contributed by atoms with van der Waals surface area (Å²) in [5, 5.41) is 8.88. The van der Waals surface area contributed by atoms with Crippen LogP contribution in [0.2, 0.25) is 0 Å². The first-order valence-electron chi connectivity index (χ1n) is 7.54. The molecule has 0 radical (unpaired) electrons. The molecule has 132 valence electrons. The summed E-state index contributed by atoms with van der Waals surface area (Å²) >= 11 is 0. The molecule has 8 heteroatoms. The van der Waals surface area contributed by atoms with Gasteiger partial charge in [-0.2, -0.15) is 13.2 Å². The number of rotatable bonds is 6. The van der Waals surface area contributed by atoms with Crippen LogP contribution in [0, 0.1) is 0 Å². The number of carboxylic acids is 1. The van der Waals surface area contributed by atoms with Gasteiger partial charge in [-0.05, 0) is 30.5 Å². The molecule has 1 fully saturated rings. The maximum atomic E-state index is 12.3. The number of carbonyl (C=O) groups is 2. The van der Waals surface area contributed by atoms with Crippen LogP contribution >= 0.6 is 0 Å². The monoisotopic (exact) mass is 345 g/mol. The summed E-state index contributed by atoms with van der Waals surface area (Å²) in [6.45, 7) is -0.891. The molecule has 5 nitrogen and oxygen atoms in total. The quantitative estimate of drug-likeness (QED) is 0.861. The molecule has 24 heavy (non-hydrogen) atoms. The summed E-state index contributed by atoms with van der Waals surface area (Å²) in [4.78, 5) is 24.7. The van der Waals surface area contributed by atoms with Crippen LogP contribution < -0.4 is 4.74 Å². The van der Waals surface area contributed by atoms with Crippen molar-refractivity contribution in [2.24, 2.45) is 0 Å². The average Bonchev–Trinajstić information content (AvgIpc) is 2.92. The molecule has 1 saturated heterocycles. The highest BCUT2D eigenvalue weighted by molar-refractivity contribution is 5.80. The zero-order chi connectivity index (χ0) is 17.7. The zero-order valence-corrected chi connectivity index (χ0v) is 12.9. The van der Waals surface area contributed by atoms with Crippen molar-refractivity contribution < 1.29 is 32.6 Å². The topological polar surface area (TPSA) is 66.8 Å². The number of carboxylic acid groups (broad SMARTS) is 1. The molecule has 1 atom stereocenters. The lowest BCUT2D eigenvalue weighted by Gasteiger charge is -2.23. The molecular formula is C16H18F3NO4. The van der Waals surface area contributed by atoms with Crippen LogP contribution in [0.4, 0.5) is 13.2 Å². The van der Waals surface area contributed by atoms with E-state index in [0.717, 1.165) is 6.42 Å². The second kappa shape index (κ2) is 7.55. The van der Waals surface area contributed by atoms with Crippen molar-refractivity contribution in [3.05, 3.63) is 29.8 Å². The first kappa shape index (κ1) is 18.1. The lowest BCUT2D eigenvalue weighted by Crippen LogP contribution is -2.37. The first-order valence-corrected chi connectivity index (χ1v) is 7.54. The number of ether oxygens (including phenoxy) is 1. The third kappa shape index (κ3) is 5.43.